The number of methoxy groups -OCH3 is 2. The summed E-state index contributed by atoms with van der Waals surface area (Å²) in [5, 5.41) is 0. The molecule has 0 aliphatic carbocycles. The minimum absolute atomic E-state index is 0.293. The molecule has 1 rings (SSSR count). The molecule has 5 atom stereocenters. The lowest BCUT2D eigenvalue weighted by Crippen LogP contribution is -2.51. The lowest BCUT2D eigenvalue weighted by atomic mass is 10.0. The highest BCUT2D eigenvalue weighted by molar-refractivity contribution is 5.78. The van der Waals surface area contributed by atoms with Crippen molar-refractivity contribution in [2.75, 3.05) is 20.8 Å². The van der Waals surface area contributed by atoms with Gasteiger partial charge < -0.3 is 33.2 Å². The van der Waals surface area contributed by atoms with Crippen LogP contribution in [-0.4, -0.2) is 80.9 Å². The van der Waals surface area contributed by atoms with Gasteiger partial charge in [-0.2, -0.15) is 0 Å². The van der Waals surface area contributed by atoms with Crippen molar-refractivity contribution in [2.24, 2.45) is 0 Å². The van der Waals surface area contributed by atoms with E-state index in [4.69, 9.17) is 33.2 Å². The molecule has 0 radical (unpaired) electrons. The summed E-state index contributed by atoms with van der Waals surface area (Å²) in [6.07, 6.45) is -5.52. The van der Waals surface area contributed by atoms with Crippen molar-refractivity contribution in [3.05, 3.63) is 0 Å². The number of hydrogen-bond donors (Lipinski definition) is 0. The first-order chi connectivity index (χ1) is 14.0. The molecule has 1 unspecified atom stereocenters. The molecule has 0 spiro atoms. The van der Waals surface area contributed by atoms with E-state index in [2.05, 4.69) is 0 Å². The first kappa shape index (κ1) is 25.3. The Morgan fingerprint density at radius 1 is 0.933 bits per heavy atom. The van der Waals surface area contributed by atoms with Gasteiger partial charge in [0.2, 0.25) is 0 Å². The van der Waals surface area contributed by atoms with E-state index in [1.165, 1.54) is 7.11 Å². The number of carbonyl (C=O) groups excluding carboxylic acids is 5. The van der Waals surface area contributed by atoms with E-state index in [1.807, 2.05) is 0 Å². The number of esters is 5. The lowest BCUT2D eigenvalue weighted by molar-refractivity contribution is -0.247. The summed E-state index contributed by atoms with van der Waals surface area (Å²) in [5.41, 5.74) is 0. The molecule has 0 aromatic rings. The third kappa shape index (κ3) is 6.66. The van der Waals surface area contributed by atoms with Crippen molar-refractivity contribution in [3.8, 4) is 0 Å². The molecule has 0 saturated carbocycles. The second kappa shape index (κ2) is 10.9. The van der Waals surface area contributed by atoms with Crippen molar-refractivity contribution in [1.82, 2.24) is 0 Å². The normalized spacial score (nSPS) is 24.9. The highest BCUT2D eigenvalue weighted by Crippen LogP contribution is 2.38. The zero-order chi connectivity index (χ0) is 23.1. The smallest absolute Gasteiger partial charge is 0.366 e. The van der Waals surface area contributed by atoms with Gasteiger partial charge in [0.1, 0.15) is 18.8 Å². The Hall–Kier alpha value is -2.73. The average Bonchev–Trinajstić information content (AvgIpc) is 3.01. The molecular weight excluding hydrogens is 408 g/mol. The summed E-state index contributed by atoms with van der Waals surface area (Å²) in [7, 11) is 2.28. The van der Waals surface area contributed by atoms with Crippen LogP contribution < -0.4 is 0 Å². The Labute approximate surface area is 173 Å². The van der Waals surface area contributed by atoms with Crippen molar-refractivity contribution in [2.45, 2.75) is 64.3 Å². The molecule has 30 heavy (non-hydrogen) atoms. The van der Waals surface area contributed by atoms with Gasteiger partial charge in [-0.1, -0.05) is 0 Å². The van der Waals surface area contributed by atoms with E-state index in [0.29, 0.717) is 0 Å². The van der Waals surface area contributed by atoms with E-state index < -0.39 is 66.7 Å². The molecular formula is C18H26O12. The molecule has 12 heteroatoms. The second-order valence-electron chi connectivity index (χ2n) is 6.41. The van der Waals surface area contributed by atoms with Gasteiger partial charge >= 0.3 is 29.8 Å². The standard InChI is InChI=1S/C18H26O12/c1-9(19)26-8-14(28-11(3)21)15(29-12(4)22)16-13(27-10(2)20)7-18(25-6,30-16)17(23)24-5/h13-16H,7-8H2,1-6H3/t13-,14-,15-,16-,18?/m1/s1. The van der Waals surface area contributed by atoms with E-state index in [-0.39, 0.29) is 6.42 Å². The van der Waals surface area contributed by atoms with Gasteiger partial charge in [-0.3, -0.25) is 19.2 Å². The molecule has 1 aliphatic heterocycles. The quantitative estimate of drug-likeness (QED) is 0.345. The molecule has 0 bridgehead atoms. The van der Waals surface area contributed by atoms with Gasteiger partial charge in [-0.15, -0.1) is 0 Å². The molecule has 170 valence electrons. The van der Waals surface area contributed by atoms with Crippen LogP contribution in [0, 0.1) is 0 Å². The van der Waals surface area contributed by atoms with Gasteiger partial charge in [-0.05, 0) is 0 Å². The van der Waals surface area contributed by atoms with Crippen LogP contribution in [0.25, 0.3) is 0 Å². The lowest BCUT2D eigenvalue weighted by Gasteiger charge is -2.32. The first-order valence-corrected chi connectivity index (χ1v) is 8.92. The van der Waals surface area contributed by atoms with Gasteiger partial charge in [0.15, 0.2) is 12.2 Å². The Bertz CT molecular complexity index is 674. The largest absolute Gasteiger partial charge is 0.465 e. The van der Waals surface area contributed by atoms with E-state index >= 15 is 0 Å². The van der Waals surface area contributed by atoms with E-state index in [1.54, 1.807) is 0 Å². The topological polar surface area (TPSA) is 150 Å². The minimum Gasteiger partial charge on any atom is -0.465 e. The van der Waals surface area contributed by atoms with Crippen molar-refractivity contribution >= 4 is 29.8 Å². The third-order valence-corrected chi connectivity index (χ3v) is 4.07. The molecule has 0 aromatic carbocycles. The predicted octanol–water partition coefficient (Wildman–Crippen LogP) is -0.351. The van der Waals surface area contributed by atoms with Crippen molar-refractivity contribution in [1.29, 1.82) is 0 Å². The Morgan fingerprint density at radius 2 is 1.53 bits per heavy atom. The molecule has 1 heterocycles. The summed E-state index contributed by atoms with van der Waals surface area (Å²) in [5.74, 6) is -5.85. The molecule has 0 aromatic heterocycles. The van der Waals surface area contributed by atoms with E-state index in [0.717, 1.165) is 34.8 Å². The Morgan fingerprint density at radius 3 is 1.97 bits per heavy atom. The zero-order valence-corrected chi connectivity index (χ0v) is 17.6. The minimum atomic E-state index is -1.97. The van der Waals surface area contributed by atoms with Gasteiger partial charge in [0.05, 0.1) is 13.5 Å². The van der Waals surface area contributed by atoms with Crippen molar-refractivity contribution < 1.29 is 57.1 Å². The number of rotatable bonds is 9. The van der Waals surface area contributed by atoms with E-state index in [9.17, 15) is 24.0 Å². The van der Waals surface area contributed by atoms with Crippen LogP contribution in [0.4, 0.5) is 0 Å². The summed E-state index contributed by atoms with van der Waals surface area (Å²) >= 11 is 0. The Balaban J connectivity index is 3.38. The van der Waals surface area contributed by atoms with Gasteiger partial charge in [0.25, 0.3) is 5.79 Å². The number of hydrogen-bond acceptors (Lipinski definition) is 12. The highest BCUT2D eigenvalue weighted by atomic mass is 16.8. The maximum Gasteiger partial charge on any atom is 0.366 e. The third-order valence-electron chi connectivity index (χ3n) is 4.07. The summed E-state index contributed by atoms with van der Waals surface area (Å²) in [6.45, 7) is 3.96. The van der Waals surface area contributed by atoms with Crippen LogP contribution in [0.2, 0.25) is 0 Å². The predicted molar refractivity (Wildman–Crippen MR) is 94.5 cm³/mol. The Kier molecular flexibility index (Phi) is 9.18. The SMILES string of the molecule is COC(=O)C1(OC)C[C@@H](OC(C)=O)[C@H]([C@H](OC(C)=O)[C@@H](COC(C)=O)OC(C)=O)O1. The molecule has 1 aliphatic rings. The summed E-state index contributed by atoms with van der Waals surface area (Å²) in [4.78, 5) is 58.4. The first-order valence-electron chi connectivity index (χ1n) is 8.92. The molecule has 0 N–H and O–H groups in total. The summed E-state index contributed by atoms with van der Waals surface area (Å²) in [6, 6.07) is 0. The molecule has 12 nitrogen and oxygen atoms in total. The van der Waals surface area contributed by atoms with Crippen LogP contribution in [-0.2, 0) is 57.1 Å². The highest BCUT2D eigenvalue weighted by Gasteiger charge is 2.59. The fourth-order valence-corrected chi connectivity index (χ4v) is 2.98. The molecule has 1 saturated heterocycles. The molecule has 1 fully saturated rings. The average molecular weight is 434 g/mol. The summed E-state index contributed by atoms with van der Waals surface area (Å²) < 4.78 is 36.1. The van der Waals surface area contributed by atoms with Crippen LogP contribution in [0.15, 0.2) is 0 Å². The second-order valence-corrected chi connectivity index (χ2v) is 6.41. The maximum atomic E-state index is 12.3. The number of carbonyl (C=O) groups is 5. The van der Waals surface area contributed by atoms with Gasteiger partial charge in [-0.25, -0.2) is 4.79 Å². The van der Waals surface area contributed by atoms with Crippen LogP contribution in [0.1, 0.15) is 34.1 Å². The fourth-order valence-electron chi connectivity index (χ4n) is 2.98. The van der Waals surface area contributed by atoms with Crippen LogP contribution in [0.3, 0.4) is 0 Å². The van der Waals surface area contributed by atoms with Crippen molar-refractivity contribution in [3.63, 3.8) is 0 Å². The number of ether oxygens (including phenoxy) is 7. The molecule has 0 amide bonds. The van der Waals surface area contributed by atoms with Gasteiger partial charge in [0, 0.05) is 34.8 Å². The monoisotopic (exact) mass is 434 g/mol. The maximum absolute atomic E-state index is 12.3. The zero-order valence-electron chi connectivity index (χ0n) is 17.6. The fraction of sp³-hybridized carbons (Fsp3) is 0.722. The van der Waals surface area contributed by atoms with Crippen LogP contribution >= 0.6 is 0 Å². The van der Waals surface area contributed by atoms with Crippen LogP contribution in [0.5, 0.6) is 0 Å².